The molecule has 1 fully saturated rings. The van der Waals surface area contributed by atoms with Crippen molar-refractivity contribution in [2.45, 2.75) is 0 Å². The van der Waals surface area contributed by atoms with Gasteiger partial charge in [0.05, 0.1) is 34.5 Å². The molecule has 1 saturated heterocycles. The topological polar surface area (TPSA) is 106 Å². The molecular formula is C22H20Cl2N4O4. The average Bonchev–Trinajstić information content (AvgIpc) is 2.80. The van der Waals surface area contributed by atoms with Crippen molar-refractivity contribution in [1.82, 2.24) is 4.90 Å². The zero-order chi connectivity index (χ0) is 22.7. The van der Waals surface area contributed by atoms with Gasteiger partial charge in [-0.25, -0.2) is 4.99 Å². The number of carbonyl (C=O) groups excluding carboxylic acids is 2. The molecule has 2 aromatic carbocycles. The molecule has 2 amide bonds. The maximum Gasteiger partial charge on any atom is 0.269 e. The minimum atomic E-state index is -0.726. The molecule has 2 aliphatic heterocycles. The summed E-state index contributed by atoms with van der Waals surface area (Å²) < 4.78 is 11.0. The standard InChI is InChI=1S/C22H20Cl2N4O4/c23-15-2-1-3-16(24)18(15)21-27-19(20(25)29)17(12-32-21)26-14-6-4-13(5-7-14)22(30)28-8-10-31-11-9-28/h1-7,26H,8-12H2,(H2,25,29). The van der Waals surface area contributed by atoms with Gasteiger partial charge >= 0.3 is 0 Å². The van der Waals surface area contributed by atoms with E-state index >= 15 is 0 Å². The van der Waals surface area contributed by atoms with Gasteiger partial charge in [0.2, 0.25) is 5.90 Å². The summed E-state index contributed by atoms with van der Waals surface area (Å²) in [6.45, 7) is 2.23. The Bertz CT molecular complexity index is 1090. The van der Waals surface area contributed by atoms with E-state index in [9.17, 15) is 9.59 Å². The van der Waals surface area contributed by atoms with Crippen molar-refractivity contribution in [2.24, 2.45) is 10.7 Å². The average molecular weight is 475 g/mol. The van der Waals surface area contributed by atoms with E-state index in [1.165, 1.54) is 0 Å². The molecule has 0 unspecified atom stereocenters. The van der Waals surface area contributed by atoms with Crippen LogP contribution in [0.4, 0.5) is 5.69 Å². The van der Waals surface area contributed by atoms with Crippen molar-refractivity contribution >= 4 is 46.6 Å². The Balaban J connectivity index is 1.55. The number of nitrogens with two attached hydrogens (primary N) is 1. The first-order chi connectivity index (χ1) is 15.4. The van der Waals surface area contributed by atoms with Crippen molar-refractivity contribution in [3.63, 3.8) is 0 Å². The van der Waals surface area contributed by atoms with E-state index in [1.54, 1.807) is 47.4 Å². The van der Waals surface area contributed by atoms with Gasteiger partial charge in [-0.3, -0.25) is 9.59 Å². The number of ether oxygens (including phenoxy) is 2. The Morgan fingerprint density at radius 1 is 1.03 bits per heavy atom. The molecule has 0 aliphatic carbocycles. The molecule has 166 valence electrons. The summed E-state index contributed by atoms with van der Waals surface area (Å²) in [4.78, 5) is 30.7. The molecule has 0 bridgehead atoms. The highest BCUT2D eigenvalue weighted by Gasteiger charge is 2.24. The van der Waals surface area contributed by atoms with Crippen LogP contribution in [-0.4, -0.2) is 55.5 Å². The van der Waals surface area contributed by atoms with E-state index in [0.29, 0.717) is 58.9 Å². The molecule has 32 heavy (non-hydrogen) atoms. The molecule has 0 aromatic heterocycles. The second-order valence-corrected chi connectivity index (χ2v) is 7.92. The van der Waals surface area contributed by atoms with E-state index in [0.717, 1.165) is 0 Å². The molecule has 2 heterocycles. The van der Waals surface area contributed by atoms with E-state index < -0.39 is 5.91 Å². The molecule has 0 atom stereocenters. The van der Waals surface area contributed by atoms with Crippen LogP contribution in [0.3, 0.4) is 0 Å². The Hall–Kier alpha value is -3.07. The number of nitrogens with zero attached hydrogens (tertiary/aromatic N) is 2. The van der Waals surface area contributed by atoms with E-state index in [2.05, 4.69) is 10.3 Å². The minimum absolute atomic E-state index is 0.00706. The van der Waals surface area contributed by atoms with E-state index in [4.69, 9.17) is 38.4 Å². The van der Waals surface area contributed by atoms with Gasteiger partial charge in [0.25, 0.3) is 11.8 Å². The van der Waals surface area contributed by atoms with Crippen LogP contribution in [0.1, 0.15) is 15.9 Å². The molecule has 0 radical (unpaired) electrons. The molecule has 2 aliphatic rings. The van der Waals surface area contributed by atoms with Crippen LogP contribution in [0.2, 0.25) is 10.0 Å². The molecule has 4 rings (SSSR count). The highest BCUT2D eigenvalue weighted by atomic mass is 35.5. The predicted molar refractivity (Wildman–Crippen MR) is 122 cm³/mol. The van der Waals surface area contributed by atoms with Crippen LogP contribution < -0.4 is 11.1 Å². The Morgan fingerprint density at radius 3 is 2.31 bits per heavy atom. The van der Waals surface area contributed by atoms with Crippen LogP contribution >= 0.6 is 23.2 Å². The smallest absolute Gasteiger partial charge is 0.269 e. The van der Waals surface area contributed by atoms with Gasteiger partial charge in [-0.1, -0.05) is 29.3 Å². The number of anilines is 1. The van der Waals surface area contributed by atoms with Crippen molar-refractivity contribution in [2.75, 3.05) is 38.2 Å². The van der Waals surface area contributed by atoms with Gasteiger partial charge in [0, 0.05) is 24.3 Å². The number of morpholine rings is 1. The summed E-state index contributed by atoms with van der Waals surface area (Å²) in [7, 11) is 0. The van der Waals surface area contributed by atoms with Crippen molar-refractivity contribution < 1.29 is 19.1 Å². The fourth-order valence-corrected chi connectivity index (χ4v) is 3.92. The van der Waals surface area contributed by atoms with Crippen molar-refractivity contribution in [1.29, 1.82) is 0 Å². The molecule has 10 heteroatoms. The second kappa shape index (κ2) is 9.60. The number of hydrogen-bond donors (Lipinski definition) is 2. The van der Waals surface area contributed by atoms with Crippen LogP contribution in [0.5, 0.6) is 0 Å². The molecule has 0 saturated carbocycles. The van der Waals surface area contributed by atoms with Crippen LogP contribution in [0.25, 0.3) is 0 Å². The fraction of sp³-hybridized carbons (Fsp3) is 0.227. The molecule has 0 spiro atoms. The summed E-state index contributed by atoms with van der Waals surface area (Å²) in [5.41, 5.74) is 7.55. The maximum absolute atomic E-state index is 12.6. The fourth-order valence-electron chi connectivity index (χ4n) is 3.36. The number of nitrogens with one attached hydrogen (secondary N) is 1. The van der Waals surface area contributed by atoms with Gasteiger partial charge in [-0.15, -0.1) is 0 Å². The summed E-state index contributed by atoms with van der Waals surface area (Å²) >= 11 is 12.4. The van der Waals surface area contributed by atoms with Gasteiger partial charge in [0.1, 0.15) is 6.61 Å². The highest BCUT2D eigenvalue weighted by molar-refractivity contribution is 6.39. The normalized spacial score (nSPS) is 16.3. The zero-order valence-electron chi connectivity index (χ0n) is 16.9. The van der Waals surface area contributed by atoms with E-state index in [-0.39, 0.29) is 24.1 Å². The Kier molecular flexibility index (Phi) is 6.64. The third-order valence-electron chi connectivity index (χ3n) is 4.99. The SMILES string of the molecule is NC(=O)C1=C(Nc2ccc(C(=O)N3CCOCC3)cc2)COC(c2c(Cl)cccc2Cl)=N1. The van der Waals surface area contributed by atoms with Gasteiger partial charge in [0.15, 0.2) is 5.70 Å². The first-order valence-electron chi connectivity index (χ1n) is 9.87. The summed E-state index contributed by atoms with van der Waals surface area (Å²) in [5, 5.41) is 3.78. The third-order valence-corrected chi connectivity index (χ3v) is 5.62. The lowest BCUT2D eigenvalue weighted by Crippen LogP contribution is -2.40. The number of primary amides is 1. The van der Waals surface area contributed by atoms with Gasteiger partial charge < -0.3 is 25.4 Å². The van der Waals surface area contributed by atoms with Crippen LogP contribution in [0, 0.1) is 0 Å². The van der Waals surface area contributed by atoms with Crippen LogP contribution in [0.15, 0.2) is 58.9 Å². The monoisotopic (exact) mass is 474 g/mol. The Labute approximate surface area is 194 Å². The van der Waals surface area contributed by atoms with Crippen molar-refractivity contribution in [3.8, 4) is 0 Å². The number of benzene rings is 2. The summed E-state index contributed by atoms with van der Waals surface area (Å²) in [6, 6.07) is 11.9. The van der Waals surface area contributed by atoms with Gasteiger partial charge in [-0.2, -0.15) is 0 Å². The first kappa shape index (κ1) is 22.1. The van der Waals surface area contributed by atoms with Crippen LogP contribution in [-0.2, 0) is 14.3 Å². The number of aliphatic imine (C=N–C) groups is 1. The third kappa shape index (κ3) is 4.72. The maximum atomic E-state index is 12.6. The van der Waals surface area contributed by atoms with Crippen molar-refractivity contribution in [3.05, 3.63) is 75.0 Å². The summed E-state index contributed by atoms with van der Waals surface area (Å²) in [6.07, 6.45) is 0. The lowest BCUT2D eigenvalue weighted by molar-refractivity contribution is -0.114. The lowest BCUT2D eigenvalue weighted by atomic mass is 10.1. The molecular weight excluding hydrogens is 455 g/mol. The predicted octanol–water partition coefficient (Wildman–Crippen LogP) is 3.05. The van der Waals surface area contributed by atoms with E-state index in [1.807, 2.05) is 0 Å². The first-order valence-corrected chi connectivity index (χ1v) is 10.6. The second-order valence-electron chi connectivity index (χ2n) is 7.10. The Morgan fingerprint density at radius 2 is 1.69 bits per heavy atom. The molecule has 3 N–H and O–H groups in total. The van der Waals surface area contributed by atoms with Gasteiger partial charge in [-0.05, 0) is 36.4 Å². The highest BCUT2D eigenvalue weighted by Crippen LogP contribution is 2.28. The lowest BCUT2D eigenvalue weighted by Gasteiger charge is -2.27. The number of hydrogen-bond acceptors (Lipinski definition) is 6. The largest absolute Gasteiger partial charge is 0.471 e. The number of rotatable bonds is 5. The molecule has 8 nitrogen and oxygen atoms in total. The zero-order valence-corrected chi connectivity index (χ0v) is 18.4. The number of halogens is 2. The number of carbonyl (C=O) groups is 2. The summed E-state index contributed by atoms with van der Waals surface area (Å²) in [5.74, 6) is -0.661. The quantitative estimate of drug-likeness (QED) is 0.692. The minimum Gasteiger partial charge on any atom is -0.471 e. The molecule has 2 aromatic rings. The number of amides is 2.